The average Bonchev–Trinajstić information content (AvgIpc) is 2.60. The van der Waals surface area contributed by atoms with Crippen molar-refractivity contribution in [2.24, 2.45) is 0 Å². The zero-order valence-corrected chi connectivity index (χ0v) is 13.4. The third-order valence-corrected chi connectivity index (χ3v) is 3.90. The second-order valence-corrected chi connectivity index (χ2v) is 5.49. The number of nitrogens with one attached hydrogen (secondary N) is 1. The number of carbonyl (C=O) groups is 1. The van der Waals surface area contributed by atoms with E-state index in [0.29, 0.717) is 12.1 Å². The van der Waals surface area contributed by atoms with Crippen LogP contribution in [0.3, 0.4) is 0 Å². The summed E-state index contributed by atoms with van der Waals surface area (Å²) in [6, 6.07) is 12.1. The summed E-state index contributed by atoms with van der Waals surface area (Å²) in [6.45, 7) is 1.78. The lowest BCUT2D eigenvalue weighted by Gasteiger charge is -2.20. The molecule has 0 saturated carbocycles. The van der Waals surface area contributed by atoms with Crippen LogP contribution in [-0.4, -0.2) is 20.8 Å². The van der Waals surface area contributed by atoms with Crippen molar-refractivity contribution in [2.75, 3.05) is 0 Å². The first-order valence-corrected chi connectivity index (χ1v) is 7.79. The Bertz CT molecular complexity index is 986. The van der Waals surface area contributed by atoms with E-state index < -0.39 is 23.5 Å². The highest BCUT2D eigenvalue weighted by Crippen LogP contribution is 2.21. The van der Waals surface area contributed by atoms with Gasteiger partial charge < -0.3 is 10.4 Å². The summed E-state index contributed by atoms with van der Waals surface area (Å²) in [4.78, 5) is 28.5. The average molecular weight is 341 g/mol. The van der Waals surface area contributed by atoms with Gasteiger partial charge in [0.15, 0.2) is 0 Å². The lowest BCUT2D eigenvalue weighted by atomic mass is 10.1. The van der Waals surface area contributed by atoms with Gasteiger partial charge in [0.2, 0.25) is 0 Å². The van der Waals surface area contributed by atoms with Gasteiger partial charge in [0.25, 0.3) is 5.56 Å². The minimum Gasteiger partial charge on any atom is -0.465 e. The van der Waals surface area contributed by atoms with Gasteiger partial charge in [-0.2, -0.15) is 0 Å². The number of carboxylic acid groups (broad SMARTS) is 1. The highest BCUT2D eigenvalue weighted by molar-refractivity contribution is 5.78. The SMILES string of the molecule is CC[C@H](NC(=O)O)c1nc2cccc(F)c2c(=O)n1-c1ccccc1. The normalized spacial score (nSPS) is 12.1. The molecule has 3 aromatic rings. The van der Waals surface area contributed by atoms with Crippen LogP contribution >= 0.6 is 0 Å². The van der Waals surface area contributed by atoms with Gasteiger partial charge in [0.05, 0.1) is 17.2 Å². The first-order chi connectivity index (χ1) is 12.0. The molecular weight excluding hydrogens is 325 g/mol. The van der Waals surface area contributed by atoms with Crippen molar-refractivity contribution in [3.05, 3.63) is 70.5 Å². The molecule has 7 heteroatoms. The van der Waals surface area contributed by atoms with E-state index in [4.69, 9.17) is 5.11 Å². The van der Waals surface area contributed by atoms with E-state index >= 15 is 0 Å². The predicted octanol–water partition coefficient (Wildman–Crippen LogP) is 3.24. The molecule has 0 unspecified atom stereocenters. The smallest absolute Gasteiger partial charge is 0.405 e. The standard InChI is InChI=1S/C18H16FN3O3/c1-2-13(21-18(24)25)16-20-14-10-6-9-12(19)15(14)17(23)22(16)11-7-4-3-5-8-11/h3-10,13,21H,2H2,1H3,(H,24,25)/t13-/m0/s1. The fraction of sp³-hybridized carbons (Fsp3) is 0.167. The van der Waals surface area contributed by atoms with Crippen molar-refractivity contribution in [3.63, 3.8) is 0 Å². The molecule has 2 N–H and O–H groups in total. The van der Waals surface area contributed by atoms with Crippen molar-refractivity contribution in [1.29, 1.82) is 0 Å². The van der Waals surface area contributed by atoms with Crippen molar-refractivity contribution in [1.82, 2.24) is 14.9 Å². The van der Waals surface area contributed by atoms with E-state index in [0.717, 1.165) is 0 Å². The Morgan fingerprint density at radius 2 is 1.96 bits per heavy atom. The number of amides is 1. The molecule has 1 heterocycles. The van der Waals surface area contributed by atoms with E-state index in [1.54, 1.807) is 37.3 Å². The molecule has 128 valence electrons. The Labute approximate surface area is 142 Å². The second kappa shape index (κ2) is 6.72. The fourth-order valence-corrected chi connectivity index (χ4v) is 2.77. The number of fused-ring (bicyclic) bond motifs is 1. The van der Waals surface area contributed by atoms with Crippen LogP contribution in [0.1, 0.15) is 25.2 Å². The molecule has 2 aromatic carbocycles. The zero-order valence-electron chi connectivity index (χ0n) is 13.4. The van der Waals surface area contributed by atoms with Gasteiger partial charge in [-0.15, -0.1) is 0 Å². The summed E-state index contributed by atoms with van der Waals surface area (Å²) in [5.74, 6) is -0.440. The van der Waals surface area contributed by atoms with E-state index in [1.165, 1.54) is 22.8 Å². The van der Waals surface area contributed by atoms with Gasteiger partial charge in [-0.25, -0.2) is 14.2 Å². The van der Waals surface area contributed by atoms with Gasteiger partial charge in [-0.1, -0.05) is 31.2 Å². The molecular formula is C18H16FN3O3. The van der Waals surface area contributed by atoms with Crippen LogP contribution < -0.4 is 10.9 Å². The summed E-state index contributed by atoms with van der Waals surface area (Å²) in [5.41, 5.74) is 0.110. The number of benzene rings is 2. The zero-order chi connectivity index (χ0) is 18.0. The summed E-state index contributed by atoms with van der Waals surface area (Å²) in [7, 11) is 0. The Morgan fingerprint density at radius 1 is 1.24 bits per heavy atom. The molecule has 0 radical (unpaired) electrons. The van der Waals surface area contributed by atoms with Crippen molar-refractivity contribution in [3.8, 4) is 5.69 Å². The highest BCUT2D eigenvalue weighted by Gasteiger charge is 2.22. The minimum atomic E-state index is -1.22. The fourth-order valence-electron chi connectivity index (χ4n) is 2.77. The van der Waals surface area contributed by atoms with Gasteiger partial charge in [0, 0.05) is 0 Å². The molecule has 25 heavy (non-hydrogen) atoms. The molecule has 3 rings (SSSR count). The number of halogens is 1. The maximum absolute atomic E-state index is 14.2. The Morgan fingerprint density at radius 3 is 2.60 bits per heavy atom. The Balaban J connectivity index is 2.38. The molecule has 1 atom stereocenters. The van der Waals surface area contributed by atoms with Crippen LogP contribution in [0.15, 0.2) is 53.3 Å². The van der Waals surface area contributed by atoms with E-state index in [1.807, 2.05) is 0 Å². The first-order valence-electron chi connectivity index (χ1n) is 7.79. The largest absolute Gasteiger partial charge is 0.465 e. The lowest BCUT2D eigenvalue weighted by molar-refractivity contribution is 0.188. The van der Waals surface area contributed by atoms with Crippen molar-refractivity contribution < 1.29 is 14.3 Å². The third kappa shape index (κ3) is 3.08. The van der Waals surface area contributed by atoms with Crippen molar-refractivity contribution in [2.45, 2.75) is 19.4 Å². The number of hydrogen-bond donors (Lipinski definition) is 2. The maximum Gasteiger partial charge on any atom is 0.405 e. The van der Waals surface area contributed by atoms with Crippen LogP contribution in [0.5, 0.6) is 0 Å². The van der Waals surface area contributed by atoms with E-state index in [9.17, 15) is 14.0 Å². The molecule has 1 amide bonds. The predicted molar refractivity (Wildman–Crippen MR) is 91.5 cm³/mol. The van der Waals surface area contributed by atoms with Crippen LogP contribution in [0.25, 0.3) is 16.6 Å². The Kier molecular flexibility index (Phi) is 4.47. The number of rotatable bonds is 4. The van der Waals surface area contributed by atoms with Crippen LogP contribution in [-0.2, 0) is 0 Å². The monoisotopic (exact) mass is 341 g/mol. The van der Waals surface area contributed by atoms with Gasteiger partial charge in [-0.05, 0) is 30.7 Å². The molecule has 0 aliphatic rings. The van der Waals surface area contributed by atoms with Gasteiger partial charge >= 0.3 is 6.09 Å². The highest BCUT2D eigenvalue weighted by atomic mass is 19.1. The molecule has 0 aliphatic heterocycles. The molecule has 0 fully saturated rings. The molecule has 0 aliphatic carbocycles. The lowest BCUT2D eigenvalue weighted by Crippen LogP contribution is -2.33. The third-order valence-electron chi connectivity index (χ3n) is 3.90. The van der Waals surface area contributed by atoms with Crippen LogP contribution in [0.4, 0.5) is 9.18 Å². The summed E-state index contributed by atoms with van der Waals surface area (Å²) in [6.07, 6.45) is -0.841. The van der Waals surface area contributed by atoms with Crippen molar-refractivity contribution >= 4 is 17.0 Å². The number of nitrogens with zero attached hydrogens (tertiary/aromatic N) is 2. The minimum absolute atomic E-state index is 0.125. The maximum atomic E-state index is 14.2. The molecule has 1 aromatic heterocycles. The number of aromatic nitrogens is 2. The topological polar surface area (TPSA) is 84.2 Å². The van der Waals surface area contributed by atoms with Gasteiger partial charge in [0.1, 0.15) is 17.0 Å². The van der Waals surface area contributed by atoms with E-state index in [-0.39, 0.29) is 16.7 Å². The number of hydrogen-bond acceptors (Lipinski definition) is 3. The van der Waals surface area contributed by atoms with Gasteiger partial charge in [-0.3, -0.25) is 9.36 Å². The summed E-state index contributed by atoms with van der Waals surface area (Å²) in [5, 5.41) is 11.3. The van der Waals surface area contributed by atoms with E-state index in [2.05, 4.69) is 10.3 Å². The number of para-hydroxylation sites is 1. The second-order valence-electron chi connectivity index (χ2n) is 5.49. The molecule has 0 spiro atoms. The molecule has 6 nitrogen and oxygen atoms in total. The molecule has 0 saturated heterocycles. The summed E-state index contributed by atoms with van der Waals surface area (Å²) < 4.78 is 15.5. The van der Waals surface area contributed by atoms with Crippen LogP contribution in [0, 0.1) is 5.82 Å². The molecule has 0 bridgehead atoms. The first kappa shape index (κ1) is 16.6. The Hall–Kier alpha value is -3.22. The van der Waals surface area contributed by atoms with Crippen LogP contribution in [0.2, 0.25) is 0 Å². The summed E-state index contributed by atoms with van der Waals surface area (Å²) >= 11 is 0. The quantitative estimate of drug-likeness (QED) is 0.763.